The molecule has 1 unspecified atom stereocenters. The van der Waals surface area contributed by atoms with Crippen molar-refractivity contribution in [2.45, 2.75) is 53.0 Å². The number of carbonyl (C=O) groups excluding carboxylic acids is 1. The average Bonchev–Trinajstić information content (AvgIpc) is 2.24. The van der Waals surface area contributed by atoms with Crippen LogP contribution in [0.1, 0.15) is 47.0 Å². The summed E-state index contributed by atoms with van der Waals surface area (Å²) in [6.45, 7) is 8.25. The Morgan fingerprint density at radius 3 is 2.13 bits per heavy atom. The first-order valence-electron chi connectivity index (χ1n) is 5.76. The molecule has 0 aromatic rings. The van der Waals surface area contributed by atoms with Crippen LogP contribution in [0.2, 0.25) is 0 Å². The predicted molar refractivity (Wildman–Crippen MR) is 62.5 cm³/mol. The van der Waals surface area contributed by atoms with E-state index < -0.39 is 0 Å². The van der Waals surface area contributed by atoms with Crippen molar-refractivity contribution < 1.29 is 9.53 Å². The molecule has 0 amide bonds. The van der Waals surface area contributed by atoms with Gasteiger partial charge in [0.15, 0.2) is 0 Å². The largest absolute Gasteiger partial charge is 0.463 e. The van der Waals surface area contributed by atoms with E-state index in [1.165, 1.54) is 0 Å². The molecule has 1 atom stereocenters. The first-order chi connectivity index (χ1) is 7.12. The highest BCUT2D eigenvalue weighted by Crippen LogP contribution is 2.18. The maximum Gasteiger partial charge on any atom is 0.333 e. The summed E-state index contributed by atoms with van der Waals surface area (Å²) >= 11 is 0. The van der Waals surface area contributed by atoms with Crippen LogP contribution in [0, 0.1) is 0 Å². The molecule has 0 aromatic heterocycles. The second-order valence-corrected chi connectivity index (χ2v) is 3.45. The van der Waals surface area contributed by atoms with E-state index in [1.54, 1.807) is 0 Å². The summed E-state index contributed by atoms with van der Waals surface area (Å²) < 4.78 is 5.02. The van der Waals surface area contributed by atoms with Crippen LogP contribution in [0.3, 0.4) is 0 Å². The lowest BCUT2D eigenvalue weighted by molar-refractivity contribution is -0.138. The summed E-state index contributed by atoms with van der Waals surface area (Å²) in [5, 5.41) is 0. The van der Waals surface area contributed by atoms with Crippen LogP contribution in [0.4, 0.5) is 0 Å². The van der Waals surface area contributed by atoms with Gasteiger partial charge < -0.3 is 10.5 Å². The van der Waals surface area contributed by atoms with Crippen LogP contribution in [-0.2, 0) is 9.53 Å². The summed E-state index contributed by atoms with van der Waals surface area (Å²) in [7, 11) is 0. The molecule has 0 saturated heterocycles. The Morgan fingerprint density at radius 2 is 1.80 bits per heavy atom. The Balaban J connectivity index is 4.97. The quantitative estimate of drug-likeness (QED) is 0.544. The van der Waals surface area contributed by atoms with E-state index in [9.17, 15) is 4.79 Å². The van der Waals surface area contributed by atoms with Crippen molar-refractivity contribution >= 4 is 5.97 Å². The summed E-state index contributed by atoms with van der Waals surface area (Å²) in [4.78, 5) is 11.7. The highest BCUT2D eigenvalue weighted by Gasteiger charge is 2.17. The Morgan fingerprint density at radius 1 is 1.20 bits per heavy atom. The summed E-state index contributed by atoms with van der Waals surface area (Å²) in [6.07, 6.45) is 2.36. The topological polar surface area (TPSA) is 52.3 Å². The second kappa shape index (κ2) is 7.46. The van der Waals surface area contributed by atoms with Gasteiger partial charge in [0.05, 0.1) is 6.61 Å². The van der Waals surface area contributed by atoms with Gasteiger partial charge in [-0.2, -0.15) is 0 Å². The molecule has 0 aliphatic carbocycles. The molecular weight excluding hydrogens is 190 g/mol. The van der Waals surface area contributed by atoms with Crippen molar-refractivity contribution in [3.8, 4) is 0 Å². The molecule has 0 fully saturated rings. The molecule has 0 aromatic carbocycles. The SMILES string of the molecule is CCOC(=O)/C(CC)=C(\CC)C(N)CC. The molecule has 0 heterocycles. The van der Waals surface area contributed by atoms with Crippen LogP contribution in [0.15, 0.2) is 11.1 Å². The Bertz CT molecular complexity index is 234. The van der Waals surface area contributed by atoms with E-state index in [4.69, 9.17) is 10.5 Å². The zero-order chi connectivity index (χ0) is 11.8. The van der Waals surface area contributed by atoms with Crippen molar-refractivity contribution in [3.63, 3.8) is 0 Å². The van der Waals surface area contributed by atoms with Gasteiger partial charge in [0, 0.05) is 11.6 Å². The number of hydrogen-bond donors (Lipinski definition) is 1. The number of hydrogen-bond acceptors (Lipinski definition) is 3. The minimum absolute atomic E-state index is 0.0191. The molecule has 2 N–H and O–H groups in total. The zero-order valence-corrected chi connectivity index (χ0v) is 10.3. The number of ether oxygens (including phenoxy) is 1. The monoisotopic (exact) mass is 213 g/mol. The van der Waals surface area contributed by atoms with Gasteiger partial charge in [0.25, 0.3) is 0 Å². The Kier molecular flexibility index (Phi) is 7.05. The molecule has 0 rings (SSSR count). The van der Waals surface area contributed by atoms with Crippen molar-refractivity contribution in [1.82, 2.24) is 0 Å². The average molecular weight is 213 g/mol. The summed E-state index contributed by atoms with van der Waals surface area (Å²) in [6, 6.07) is -0.0191. The maximum absolute atomic E-state index is 11.7. The lowest BCUT2D eigenvalue weighted by Gasteiger charge is -2.17. The van der Waals surface area contributed by atoms with E-state index in [0.29, 0.717) is 13.0 Å². The number of rotatable bonds is 6. The molecule has 0 aliphatic heterocycles. The van der Waals surface area contributed by atoms with Crippen LogP contribution in [0.5, 0.6) is 0 Å². The molecule has 0 spiro atoms. The van der Waals surface area contributed by atoms with Crippen LogP contribution in [-0.4, -0.2) is 18.6 Å². The predicted octanol–water partition coefficient (Wildman–Crippen LogP) is 2.40. The fraction of sp³-hybridized carbons (Fsp3) is 0.750. The van der Waals surface area contributed by atoms with Gasteiger partial charge in [0.2, 0.25) is 0 Å². The molecule has 0 radical (unpaired) electrons. The third kappa shape index (κ3) is 4.04. The first-order valence-corrected chi connectivity index (χ1v) is 5.76. The lowest BCUT2D eigenvalue weighted by atomic mass is 9.95. The van der Waals surface area contributed by atoms with E-state index in [0.717, 1.165) is 24.0 Å². The van der Waals surface area contributed by atoms with Gasteiger partial charge in [-0.25, -0.2) is 4.79 Å². The smallest absolute Gasteiger partial charge is 0.333 e. The molecule has 15 heavy (non-hydrogen) atoms. The molecule has 0 bridgehead atoms. The molecule has 0 aliphatic rings. The maximum atomic E-state index is 11.7. The van der Waals surface area contributed by atoms with E-state index in [2.05, 4.69) is 0 Å². The van der Waals surface area contributed by atoms with Crippen molar-refractivity contribution in [3.05, 3.63) is 11.1 Å². The fourth-order valence-electron chi connectivity index (χ4n) is 1.67. The molecule has 88 valence electrons. The standard InChI is InChI=1S/C12H23NO2/c1-5-9(11(13)7-3)10(6-2)12(14)15-8-4/h11H,5-8,13H2,1-4H3/b10-9+. The minimum atomic E-state index is -0.208. The first kappa shape index (κ1) is 14.2. The van der Waals surface area contributed by atoms with E-state index >= 15 is 0 Å². The molecule has 3 nitrogen and oxygen atoms in total. The number of carbonyl (C=O) groups is 1. The van der Waals surface area contributed by atoms with Gasteiger partial charge in [-0.1, -0.05) is 20.8 Å². The third-order valence-electron chi connectivity index (χ3n) is 2.53. The van der Waals surface area contributed by atoms with Crippen molar-refractivity contribution in [2.24, 2.45) is 5.73 Å². The van der Waals surface area contributed by atoms with Gasteiger partial charge in [0.1, 0.15) is 0 Å². The van der Waals surface area contributed by atoms with Gasteiger partial charge >= 0.3 is 5.97 Å². The summed E-state index contributed by atoms with van der Waals surface area (Å²) in [5.74, 6) is -0.208. The van der Waals surface area contributed by atoms with E-state index in [-0.39, 0.29) is 12.0 Å². The highest BCUT2D eigenvalue weighted by molar-refractivity contribution is 5.89. The van der Waals surface area contributed by atoms with Crippen LogP contribution < -0.4 is 5.73 Å². The lowest BCUT2D eigenvalue weighted by Crippen LogP contribution is -2.25. The van der Waals surface area contributed by atoms with Gasteiger partial charge in [-0.05, 0) is 31.8 Å². The van der Waals surface area contributed by atoms with Gasteiger partial charge in [-0.3, -0.25) is 0 Å². The van der Waals surface area contributed by atoms with Crippen molar-refractivity contribution in [2.75, 3.05) is 6.61 Å². The zero-order valence-electron chi connectivity index (χ0n) is 10.3. The van der Waals surface area contributed by atoms with Crippen LogP contribution in [0.25, 0.3) is 0 Å². The van der Waals surface area contributed by atoms with Gasteiger partial charge in [-0.15, -0.1) is 0 Å². The fourth-order valence-corrected chi connectivity index (χ4v) is 1.67. The molecule has 0 saturated carbocycles. The second-order valence-electron chi connectivity index (χ2n) is 3.45. The Labute approximate surface area is 92.7 Å². The minimum Gasteiger partial charge on any atom is -0.463 e. The molecular formula is C12H23NO2. The third-order valence-corrected chi connectivity index (χ3v) is 2.53. The normalized spacial score (nSPS) is 14.5. The van der Waals surface area contributed by atoms with Crippen molar-refractivity contribution in [1.29, 1.82) is 0 Å². The number of esters is 1. The highest BCUT2D eigenvalue weighted by atomic mass is 16.5. The van der Waals surface area contributed by atoms with Crippen LogP contribution >= 0.6 is 0 Å². The molecule has 3 heteroatoms. The Hall–Kier alpha value is -0.830. The summed E-state index contributed by atoms with van der Waals surface area (Å²) in [5.41, 5.74) is 7.77. The number of nitrogens with two attached hydrogens (primary N) is 1. The van der Waals surface area contributed by atoms with E-state index in [1.807, 2.05) is 27.7 Å².